The standard InChI is InChI=1S/C22H26N8/c1-15(29-11-9-24-10-12-29)3-8-19(23-2)27-22-25-13-16-4-5-17-14-26-30(18-6-7-18)21(17)20(16)28-22/h3-5,8,13-14,18,24H,2,6-7,9-12H2,1H3,(H,25,27,28)/b15-3+,19-8+. The van der Waals surface area contributed by atoms with Gasteiger partial charge in [-0.15, -0.1) is 0 Å². The predicted molar refractivity (Wildman–Crippen MR) is 121 cm³/mol. The molecule has 2 aromatic heterocycles. The molecule has 30 heavy (non-hydrogen) atoms. The largest absolute Gasteiger partial charge is 0.372 e. The molecule has 0 unspecified atom stereocenters. The molecule has 1 saturated carbocycles. The van der Waals surface area contributed by atoms with E-state index in [2.05, 4.69) is 61.1 Å². The molecule has 8 heteroatoms. The Morgan fingerprint density at radius 1 is 1.20 bits per heavy atom. The van der Waals surface area contributed by atoms with Crippen molar-refractivity contribution in [1.29, 1.82) is 0 Å². The Kier molecular flexibility index (Phi) is 4.92. The first kappa shape index (κ1) is 18.7. The van der Waals surface area contributed by atoms with E-state index < -0.39 is 0 Å². The van der Waals surface area contributed by atoms with Gasteiger partial charge in [-0.1, -0.05) is 12.1 Å². The van der Waals surface area contributed by atoms with Gasteiger partial charge in [0.2, 0.25) is 5.95 Å². The first-order valence-electron chi connectivity index (χ1n) is 10.4. The van der Waals surface area contributed by atoms with Crippen LogP contribution in [0.4, 0.5) is 5.95 Å². The van der Waals surface area contributed by atoms with E-state index in [0.29, 0.717) is 17.8 Å². The van der Waals surface area contributed by atoms with Crippen molar-refractivity contribution in [3.63, 3.8) is 0 Å². The number of fused-ring (bicyclic) bond motifs is 3. The Balaban J connectivity index is 1.44. The highest BCUT2D eigenvalue weighted by atomic mass is 15.3. The second-order valence-electron chi connectivity index (χ2n) is 7.84. The number of rotatable bonds is 6. The maximum Gasteiger partial charge on any atom is 0.228 e. The third kappa shape index (κ3) is 3.66. The van der Waals surface area contributed by atoms with Gasteiger partial charge in [-0.3, -0.25) is 4.68 Å². The number of anilines is 1. The Hall–Kier alpha value is -3.26. The Labute approximate surface area is 175 Å². The van der Waals surface area contributed by atoms with E-state index >= 15 is 0 Å². The number of nitrogens with one attached hydrogen (secondary N) is 2. The number of aromatic nitrogens is 4. The Morgan fingerprint density at radius 2 is 2.00 bits per heavy atom. The normalized spacial score (nSPS) is 18.2. The first-order valence-corrected chi connectivity index (χ1v) is 10.4. The Morgan fingerprint density at radius 3 is 2.77 bits per heavy atom. The van der Waals surface area contributed by atoms with Crippen molar-refractivity contribution in [3.05, 3.63) is 48.2 Å². The molecule has 0 bridgehead atoms. The number of hydrogen-bond donors (Lipinski definition) is 2. The summed E-state index contributed by atoms with van der Waals surface area (Å²) >= 11 is 0. The van der Waals surface area contributed by atoms with Crippen LogP contribution in [0.5, 0.6) is 0 Å². The number of benzene rings is 1. The highest BCUT2D eigenvalue weighted by Crippen LogP contribution is 2.38. The molecule has 2 aliphatic rings. The molecule has 1 aliphatic carbocycles. The minimum absolute atomic E-state index is 0.489. The molecule has 0 spiro atoms. The lowest BCUT2D eigenvalue weighted by Gasteiger charge is -2.29. The summed E-state index contributed by atoms with van der Waals surface area (Å²) in [6.45, 7) is 9.86. The van der Waals surface area contributed by atoms with Gasteiger partial charge >= 0.3 is 0 Å². The summed E-state index contributed by atoms with van der Waals surface area (Å²) in [5.74, 6) is 1.12. The average molecular weight is 403 g/mol. The molecule has 3 aromatic rings. The molecule has 1 saturated heterocycles. The van der Waals surface area contributed by atoms with Crippen molar-refractivity contribution < 1.29 is 0 Å². The molecule has 0 amide bonds. The van der Waals surface area contributed by atoms with Gasteiger partial charge in [-0.05, 0) is 38.6 Å². The molecule has 5 rings (SSSR count). The first-order chi connectivity index (χ1) is 14.7. The second-order valence-corrected chi connectivity index (χ2v) is 7.84. The van der Waals surface area contributed by atoms with Gasteiger partial charge in [0.05, 0.1) is 17.8 Å². The summed E-state index contributed by atoms with van der Waals surface area (Å²) in [7, 11) is 0. The summed E-state index contributed by atoms with van der Waals surface area (Å²) in [6, 6.07) is 4.62. The van der Waals surface area contributed by atoms with Crippen molar-refractivity contribution in [2.45, 2.75) is 25.8 Å². The van der Waals surface area contributed by atoms with Crippen molar-refractivity contribution in [3.8, 4) is 0 Å². The summed E-state index contributed by atoms with van der Waals surface area (Å²) in [5.41, 5.74) is 3.19. The second kappa shape index (κ2) is 7.87. The minimum Gasteiger partial charge on any atom is -0.372 e. The van der Waals surface area contributed by atoms with Gasteiger partial charge in [0.25, 0.3) is 0 Å². The van der Waals surface area contributed by atoms with Gasteiger partial charge in [-0.2, -0.15) is 5.10 Å². The van der Waals surface area contributed by atoms with Crippen molar-refractivity contribution in [2.75, 3.05) is 31.5 Å². The summed E-state index contributed by atoms with van der Waals surface area (Å²) < 4.78 is 2.11. The maximum absolute atomic E-state index is 4.80. The predicted octanol–water partition coefficient (Wildman–Crippen LogP) is 3.08. The smallest absolute Gasteiger partial charge is 0.228 e. The number of piperazine rings is 1. The summed E-state index contributed by atoms with van der Waals surface area (Å²) in [6.07, 6.45) is 10.1. The van der Waals surface area contributed by atoms with Crippen LogP contribution < -0.4 is 10.6 Å². The molecule has 8 nitrogen and oxygen atoms in total. The molecular formula is C22H26N8. The SMILES string of the molecule is C=N/C(=C\C=C(/C)N1CCNCC1)Nc1ncc2ccc3cnn(C4CC4)c3c2n1. The van der Waals surface area contributed by atoms with Crippen LogP contribution in [0, 0.1) is 0 Å². The number of aliphatic imine (C=N–C) groups is 1. The van der Waals surface area contributed by atoms with Crippen molar-refractivity contribution >= 4 is 34.5 Å². The van der Waals surface area contributed by atoms with E-state index in [1.165, 1.54) is 18.5 Å². The highest BCUT2D eigenvalue weighted by Gasteiger charge is 2.26. The summed E-state index contributed by atoms with van der Waals surface area (Å²) in [4.78, 5) is 15.7. The topological polar surface area (TPSA) is 83.3 Å². The van der Waals surface area contributed by atoms with E-state index in [0.717, 1.165) is 48.0 Å². The number of hydrogen-bond acceptors (Lipinski definition) is 7. The quantitative estimate of drug-likeness (QED) is 0.487. The Bertz CT molecular complexity index is 1150. The third-order valence-electron chi connectivity index (χ3n) is 5.71. The molecule has 3 heterocycles. The molecule has 0 radical (unpaired) electrons. The fourth-order valence-electron chi connectivity index (χ4n) is 3.85. The fraction of sp³-hybridized carbons (Fsp3) is 0.364. The van der Waals surface area contributed by atoms with Crippen molar-refractivity contribution in [1.82, 2.24) is 30.0 Å². The number of allylic oxidation sites excluding steroid dienone is 3. The van der Waals surface area contributed by atoms with Gasteiger partial charge < -0.3 is 15.5 Å². The zero-order valence-electron chi connectivity index (χ0n) is 17.2. The fourth-order valence-corrected chi connectivity index (χ4v) is 3.85. The molecule has 154 valence electrons. The van der Waals surface area contributed by atoms with E-state index in [-0.39, 0.29) is 0 Å². The van der Waals surface area contributed by atoms with Gasteiger partial charge in [0.1, 0.15) is 11.3 Å². The zero-order valence-corrected chi connectivity index (χ0v) is 17.2. The molecule has 2 N–H and O–H groups in total. The minimum atomic E-state index is 0.489. The van der Waals surface area contributed by atoms with E-state index in [1.54, 1.807) is 0 Å². The number of nitrogens with zero attached hydrogens (tertiary/aromatic N) is 6. The van der Waals surface area contributed by atoms with Crippen LogP contribution in [0.2, 0.25) is 0 Å². The van der Waals surface area contributed by atoms with Gasteiger partial charge in [-0.25, -0.2) is 15.0 Å². The lowest BCUT2D eigenvalue weighted by molar-refractivity contribution is 0.300. The van der Waals surface area contributed by atoms with Crippen LogP contribution in [-0.2, 0) is 0 Å². The average Bonchev–Trinajstić information content (AvgIpc) is 3.55. The van der Waals surface area contributed by atoms with Crippen LogP contribution in [0.1, 0.15) is 25.8 Å². The zero-order chi connectivity index (χ0) is 20.5. The lowest BCUT2D eigenvalue weighted by atomic mass is 10.2. The molecule has 2 fully saturated rings. The third-order valence-corrected chi connectivity index (χ3v) is 5.71. The maximum atomic E-state index is 4.80. The van der Waals surface area contributed by atoms with Gasteiger partial charge in [0.15, 0.2) is 0 Å². The van der Waals surface area contributed by atoms with Gasteiger partial charge in [0, 0.05) is 48.8 Å². The van der Waals surface area contributed by atoms with Crippen LogP contribution >= 0.6 is 0 Å². The van der Waals surface area contributed by atoms with Crippen molar-refractivity contribution in [2.24, 2.45) is 4.99 Å². The molecule has 1 aliphatic heterocycles. The van der Waals surface area contributed by atoms with E-state index in [4.69, 9.17) is 4.98 Å². The lowest BCUT2D eigenvalue weighted by Crippen LogP contribution is -2.42. The van der Waals surface area contributed by atoms with Crippen LogP contribution in [0.15, 0.2) is 53.2 Å². The van der Waals surface area contributed by atoms with E-state index in [1.807, 2.05) is 24.5 Å². The summed E-state index contributed by atoms with van der Waals surface area (Å²) in [5, 5.41) is 13.3. The molecule has 1 aromatic carbocycles. The molecule has 0 atom stereocenters. The van der Waals surface area contributed by atoms with Crippen LogP contribution in [-0.4, -0.2) is 57.5 Å². The monoisotopic (exact) mass is 402 g/mol. The van der Waals surface area contributed by atoms with E-state index in [9.17, 15) is 0 Å². The molecular weight excluding hydrogens is 376 g/mol. The highest BCUT2D eigenvalue weighted by molar-refractivity contribution is 6.03. The van der Waals surface area contributed by atoms with Crippen LogP contribution in [0.3, 0.4) is 0 Å². The van der Waals surface area contributed by atoms with Crippen LogP contribution in [0.25, 0.3) is 21.8 Å².